The highest BCUT2D eigenvalue weighted by Crippen LogP contribution is 2.21. The lowest BCUT2D eigenvalue weighted by Crippen LogP contribution is -2.25. The summed E-state index contributed by atoms with van der Waals surface area (Å²) >= 11 is 0. The van der Waals surface area contributed by atoms with Crippen molar-refractivity contribution in [3.63, 3.8) is 0 Å². The van der Waals surface area contributed by atoms with E-state index < -0.39 is 0 Å². The molecule has 1 aliphatic rings. The van der Waals surface area contributed by atoms with Crippen molar-refractivity contribution in [1.82, 2.24) is 5.32 Å². The Kier molecular flexibility index (Phi) is 4.40. The van der Waals surface area contributed by atoms with Crippen LogP contribution in [0.15, 0.2) is 36.0 Å². The molecule has 3 nitrogen and oxygen atoms in total. The van der Waals surface area contributed by atoms with Crippen LogP contribution in [0.5, 0.6) is 0 Å². The van der Waals surface area contributed by atoms with E-state index in [0.29, 0.717) is 0 Å². The quantitative estimate of drug-likeness (QED) is 0.812. The highest BCUT2D eigenvalue weighted by Gasteiger charge is 2.06. The molecule has 0 unspecified atom stereocenters. The fourth-order valence-electron chi connectivity index (χ4n) is 2.19. The number of allylic oxidation sites excluding steroid dienone is 1. The Hall–Kier alpha value is -1.77. The van der Waals surface area contributed by atoms with Gasteiger partial charge in [0.1, 0.15) is 0 Å². The number of rotatable bonds is 2. The van der Waals surface area contributed by atoms with E-state index in [1.54, 1.807) is 0 Å². The van der Waals surface area contributed by atoms with E-state index >= 15 is 0 Å². The SMILES string of the molecule is Cc1ccccc1NC(=O)NC=C1CCCCC1. The summed E-state index contributed by atoms with van der Waals surface area (Å²) in [5.41, 5.74) is 3.27. The molecule has 2 amide bonds. The van der Waals surface area contributed by atoms with Gasteiger partial charge in [0.05, 0.1) is 0 Å². The number of amides is 2. The fourth-order valence-corrected chi connectivity index (χ4v) is 2.19. The van der Waals surface area contributed by atoms with Gasteiger partial charge in [0.15, 0.2) is 0 Å². The second kappa shape index (κ2) is 6.24. The van der Waals surface area contributed by atoms with Crippen molar-refractivity contribution < 1.29 is 4.79 Å². The van der Waals surface area contributed by atoms with Gasteiger partial charge in [-0.15, -0.1) is 0 Å². The number of benzene rings is 1. The average Bonchev–Trinajstić information content (AvgIpc) is 2.40. The summed E-state index contributed by atoms with van der Waals surface area (Å²) in [5.74, 6) is 0. The maximum absolute atomic E-state index is 11.7. The first-order valence-electron chi connectivity index (χ1n) is 6.57. The maximum atomic E-state index is 11.7. The lowest BCUT2D eigenvalue weighted by atomic mass is 9.96. The van der Waals surface area contributed by atoms with Crippen LogP contribution in [0.2, 0.25) is 0 Å². The zero-order chi connectivity index (χ0) is 12.8. The fraction of sp³-hybridized carbons (Fsp3) is 0.400. The van der Waals surface area contributed by atoms with Gasteiger partial charge < -0.3 is 10.6 Å². The number of carbonyl (C=O) groups excluding carboxylic acids is 1. The van der Waals surface area contributed by atoms with Crippen molar-refractivity contribution >= 4 is 11.7 Å². The Balaban J connectivity index is 1.87. The molecule has 2 N–H and O–H groups in total. The summed E-state index contributed by atoms with van der Waals surface area (Å²) < 4.78 is 0. The van der Waals surface area contributed by atoms with Gasteiger partial charge in [-0.3, -0.25) is 0 Å². The molecule has 1 aliphatic carbocycles. The Morgan fingerprint density at radius 2 is 1.89 bits per heavy atom. The molecule has 1 aromatic rings. The predicted molar refractivity (Wildman–Crippen MR) is 74.5 cm³/mol. The van der Waals surface area contributed by atoms with Gasteiger partial charge in [-0.25, -0.2) is 4.79 Å². The van der Waals surface area contributed by atoms with E-state index in [-0.39, 0.29) is 6.03 Å². The first-order valence-corrected chi connectivity index (χ1v) is 6.57. The molecule has 0 atom stereocenters. The van der Waals surface area contributed by atoms with Gasteiger partial charge in [-0.2, -0.15) is 0 Å². The Morgan fingerprint density at radius 1 is 1.17 bits per heavy atom. The smallest absolute Gasteiger partial charge is 0.314 e. The Morgan fingerprint density at radius 3 is 2.61 bits per heavy atom. The third-order valence-corrected chi connectivity index (χ3v) is 3.30. The number of aryl methyl sites for hydroxylation is 1. The molecular formula is C15H20N2O. The summed E-state index contributed by atoms with van der Waals surface area (Å²) in [5, 5.41) is 5.67. The van der Waals surface area contributed by atoms with E-state index in [2.05, 4.69) is 10.6 Å². The van der Waals surface area contributed by atoms with E-state index in [0.717, 1.165) is 24.1 Å². The highest BCUT2D eigenvalue weighted by molar-refractivity contribution is 5.90. The van der Waals surface area contributed by atoms with Gasteiger partial charge in [-0.05, 0) is 44.2 Å². The second-order valence-corrected chi connectivity index (χ2v) is 4.78. The first kappa shape index (κ1) is 12.7. The van der Waals surface area contributed by atoms with Crippen LogP contribution < -0.4 is 10.6 Å². The third kappa shape index (κ3) is 3.62. The number of urea groups is 1. The molecule has 0 bridgehead atoms. The molecule has 18 heavy (non-hydrogen) atoms. The van der Waals surface area contributed by atoms with Crippen molar-refractivity contribution in [2.75, 3.05) is 5.32 Å². The van der Waals surface area contributed by atoms with Crippen LogP contribution in [0.25, 0.3) is 0 Å². The normalized spacial score (nSPS) is 15.1. The lowest BCUT2D eigenvalue weighted by molar-refractivity contribution is 0.255. The van der Waals surface area contributed by atoms with Crippen LogP contribution >= 0.6 is 0 Å². The van der Waals surface area contributed by atoms with Crippen LogP contribution in [-0.4, -0.2) is 6.03 Å². The van der Waals surface area contributed by atoms with Crippen molar-refractivity contribution in [3.8, 4) is 0 Å². The Bertz CT molecular complexity index is 444. The van der Waals surface area contributed by atoms with Gasteiger partial charge in [0.25, 0.3) is 0 Å². The van der Waals surface area contributed by atoms with Crippen LogP contribution in [0.4, 0.5) is 10.5 Å². The molecule has 0 aliphatic heterocycles. The molecule has 0 spiro atoms. The molecule has 3 heteroatoms. The summed E-state index contributed by atoms with van der Waals surface area (Å²) in [4.78, 5) is 11.7. The number of hydrogen-bond donors (Lipinski definition) is 2. The van der Waals surface area contributed by atoms with Crippen LogP contribution in [0.1, 0.15) is 37.7 Å². The van der Waals surface area contributed by atoms with Crippen LogP contribution in [0.3, 0.4) is 0 Å². The third-order valence-electron chi connectivity index (χ3n) is 3.30. The zero-order valence-electron chi connectivity index (χ0n) is 10.8. The minimum atomic E-state index is -0.164. The van der Waals surface area contributed by atoms with E-state index in [1.165, 1.54) is 24.8 Å². The number of anilines is 1. The molecule has 1 saturated carbocycles. The lowest BCUT2D eigenvalue weighted by Gasteiger charge is -2.14. The van der Waals surface area contributed by atoms with Crippen LogP contribution in [-0.2, 0) is 0 Å². The molecule has 1 fully saturated rings. The van der Waals surface area contributed by atoms with E-state index in [4.69, 9.17) is 0 Å². The maximum Gasteiger partial charge on any atom is 0.323 e. The number of para-hydroxylation sites is 1. The minimum Gasteiger partial charge on any atom is -0.314 e. The molecular weight excluding hydrogens is 224 g/mol. The average molecular weight is 244 g/mol. The number of nitrogens with one attached hydrogen (secondary N) is 2. The van der Waals surface area contributed by atoms with E-state index in [1.807, 2.05) is 37.4 Å². The van der Waals surface area contributed by atoms with Gasteiger partial charge in [0, 0.05) is 11.9 Å². The molecule has 0 saturated heterocycles. The zero-order valence-corrected chi connectivity index (χ0v) is 10.8. The summed E-state index contributed by atoms with van der Waals surface area (Å²) in [6.07, 6.45) is 7.90. The standard InChI is InChI=1S/C15H20N2O/c1-12-7-5-6-10-14(12)17-15(18)16-11-13-8-3-2-4-9-13/h5-7,10-11H,2-4,8-9H2,1H3,(H2,16,17,18). The van der Waals surface area contributed by atoms with Crippen LogP contribution in [0, 0.1) is 6.92 Å². The number of carbonyl (C=O) groups is 1. The predicted octanol–water partition coefficient (Wildman–Crippen LogP) is 3.96. The molecule has 96 valence electrons. The second-order valence-electron chi connectivity index (χ2n) is 4.78. The van der Waals surface area contributed by atoms with E-state index in [9.17, 15) is 4.79 Å². The molecule has 0 heterocycles. The highest BCUT2D eigenvalue weighted by atomic mass is 16.2. The van der Waals surface area contributed by atoms with Crippen molar-refractivity contribution in [3.05, 3.63) is 41.6 Å². The van der Waals surface area contributed by atoms with Crippen molar-refractivity contribution in [2.24, 2.45) is 0 Å². The monoisotopic (exact) mass is 244 g/mol. The minimum absolute atomic E-state index is 0.164. The van der Waals surface area contributed by atoms with Crippen molar-refractivity contribution in [2.45, 2.75) is 39.0 Å². The summed E-state index contributed by atoms with van der Waals surface area (Å²) in [6, 6.07) is 7.60. The summed E-state index contributed by atoms with van der Waals surface area (Å²) in [7, 11) is 0. The van der Waals surface area contributed by atoms with Gasteiger partial charge in [-0.1, -0.05) is 30.2 Å². The van der Waals surface area contributed by atoms with Crippen molar-refractivity contribution in [1.29, 1.82) is 0 Å². The largest absolute Gasteiger partial charge is 0.323 e. The molecule has 0 radical (unpaired) electrons. The number of hydrogen-bond acceptors (Lipinski definition) is 1. The van der Waals surface area contributed by atoms with Gasteiger partial charge >= 0.3 is 6.03 Å². The summed E-state index contributed by atoms with van der Waals surface area (Å²) in [6.45, 7) is 1.98. The van der Waals surface area contributed by atoms with Gasteiger partial charge in [0.2, 0.25) is 0 Å². The molecule has 1 aromatic carbocycles. The topological polar surface area (TPSA) is 41.1 Å². The first-order chi connectivity index (χ1) is 8.75. The molecule has 2 rings (SSSR count). The molecule has 0 aromatic heterocycles. The Labute approximate surface area is 108 Å².